The molecule has 0 saturated heterocycles. The minimum absolute atomic E-state index is 0. The lowest BCUT2D eigenvalue weighted by Crippen LogP contribution is -2.41. The van der Waals surface area contributed by atoms with Gasteiger partial charge in [-0.3, -0.25) is 9.48 Å². The molecule has 22 heavy (non-hydrogen) atoms. The third-order valence-electron chi connectivity index (χ3n) is 2.77. The molecular weight excluding hydrogens is 320 g/mol. The van der Waals surface area contributed by atoms with E-state index in [9.17, 15) is 13.6 Å². The molecular formula is C12H16ClF2N5O2. The molecule has 10 heteroatoms. The molecule has 0 aromatic carbocycles. The molecule has 2 aromatic heterocycles. The first-order valence-electron chi connectivity index (χ1n) is 6.15. The van der Waals surface area contributed by atoms with E-state index in [1.54, 1.807) is 17.9 Å². The Morgan fingerprint density at radius 3 is 2.77 bits per heavy atom. The summed E-state index contributed by atoms with van der Waals surface area (Å²) in [7, 11) is 1.72. The van der Waals surface area contributed by atoms with Gasteiger partial charge in [-0.15, -0.1) is 12.4 Å². The van der Waals surface area contributed by atoms with E-state index in [1.807, 2.05) is 0 Å². The molecule has 2 aromatic rings. The van der Waals surface area contributed by atoms with Gasteiger partial charge in [0.15, 0.2) is 5.69 Å². The summed E-state index contributed by atoms with van der Waals surface area (Å²) in [6.45, 7) is -0.161. The second kappa shape index (κ2) is 6.84. The molecule has 0 spiro atoms. The van der Waals surface area contributed by atoms with E-state index >= 15 is 0 Å². The molecule has 0 bridgehead atoms. The summed E-state index contributed by atoms with van der Waals surface area (Å²) < 4.78 is 32.9. The molecule has 0 radical (unpaired) electrons. The number of nitrogens with one attached hydrogen (secondary N) is 1. The van der Waals surface area contributed by atoms with Crippen LogP contribution < -0.4 is 11.1 Å². The normalized spacial score (nSPS) is 11.1. The fourth-order valence-corrected chi connectivity index (χ4v) is 1.63. The van der Waals surface area contributed by atoms with Gasteiger partial charge >= 0.3 is 0 Å². The zero-order chi connectivity index (χ0) is 15.6. The number of halogens is 3. The molecule has 0 saturated carbocycles. The number of nitrogens with two attached hydrogens (primary N) is 1. The van der Waals surface area contributed by atoms with E-state index in [-0.39, 0.29) is 29.8 Å². The number of rotatable bonds is 5. The number of carbonyl (C=O) groups is 1. The van der Waals surface area contributed by atoms with Crippen molar-refractivity contribution in [3.8, 4) is 11.5 Å². The van der Waals surface area contributed by atoms with E-state index in [4.69, 9.17) is 10.2 Å². The summed E-state index contributed by atoms with van der Waals surface area (Å²) in [5.74, 6) is -3.45. The number of hydrogen-bond donors (Lipinski definition) is 2. The van der Waals surface area contributed by atoms with Crippen molar-refractivity contribution < 1.29 is 18.0 Å². The average molecular weight is 336 g/mol. The predicted molar refractivity (Wildman–Crippen MR) is 77.0 cm³/mol. The molecule has 0 aliphatic carbocycles. The van der Waals surface area contributed by atoms with E-state index in [0.717, 1.165) is 0 Å². The van der Waals surface area contributed by atoms with Crippen molar-refractivity contribution in [1.82, 2.24) is 20.1 Å². The SMILES string of the molecule is Cc1oc(-c2cnn(C)c2)nc1C(=O)NCC(F)(F)CN.Cl. The van der Waals surface area contributed by atoms with Crippen LogP contribution in [0.15, 0.2) is 16.8 Å². The van der Waals surface area contributed by atoms with Crippen molar-refractivity contribution in [2.75, 3.05) is 13.1 Å². The number of nitrogens with zero attached hydrogens (tertiary/aromatic N) is 3. The van der Waals surface area contributed by atoms with Crippen LogP contribution >= 0.6 is 12.4 Å². The average Bonchev–Trinajstić information content (AvgIpc) is 3.02. The van der Waals surface area contributed by atoms with Crippen molar-refractivity contribution in [1.29, 1.82) is 0 Å². The quantitative estimate of drug-likeness (QED) is 0.853. The first kappa shape index (κ1) is 18.1. The lowest BCUT2D eigenvalue weighted by molar-refractivity contribution is 0.0118. The Labute approximate surface area is 131 Å². The van der Waals surface area contributed by atoms with Gasteiger partial charge in [0.05, 0.1) is 24.8 Å². The summed E-state index contributed by atoms with van der Waals surface area (Å²) >= 11 is 0. The van der Waals surface area contributed by atoms with Crippen LogP contribution in [-0.4, -0.2) is 39.7 Å². The number of aromatic nitrogens is 3. The monoisotopic (exact) mass is 335 g/mol. The highest BCUT2D eigenvalue weighted by Crippen LogP contribution is 2.21. The summed E-state index contributed by atoms with van der Waals surface area (Å²) in [6.07, 6.45) is 3.19. The van der Waals surface area contributed by atoms with E-state index in [2.05, 4.69) is 15.4 Å². The fraction of sp³-hybridized carbons (Fsp3) is 0.417. The summed E-state index contributed by atoms with van der Waals surface area (Å²) in [5, 5.41) is 6.05. The maximum atomic E-state index is 13.0. The van der Waals surface area contributed by atoms with Gasteiger partial charge in [0.2, 0.25) is 5.89 Å². The molecule has 2 rings (SSSR count). The number of amides is 1. The van der Waals surface area contributed by atoms with Gasteiger partial charge in [-0.1, -0.05) is 0 Å². The van der Waals surface area contributed by atoms with Crippen molar-refractivity contribution in [3.63, 3.8) is 0 Å². The van der Waals surface area contributed by atoms with Crippen molar-refractivity contribution in [2.24, 2.45) is 12.8 Å². The molecule has 2 heterocycles. The van der Waals surface area contributed by atoms with Crippen LogP contribution in [0.3, 0.4) is 0 Å². The van der Waals surface area contributed by atoms with E-state index in [0.29, 0.717) is 5.56 Å². The largest absolute Gasteiger partial charge is 0.440 e. The standard InChI is InChI=1S/C12H15F2N5O2.ClH/c1-7-9(10(20)16-6-12(13,14)5-15)18-11(21-7)8-3-17-19(2)4-8;/h3-4H,5-6,15H2,1-2H3,(H,16,20);1H. The molecule has 0 aliphatic rings. The molecule has 0 fully saturated rings. The predicted octanol–water partition coefficient (Wildman–Crippen LogP) is 1.13. The highest BCUT2D eigenvalue weighted by atomic mass is 35.5. The van der Waals surface area contributed by atoms with Crippen molar-refractivity contribution in [3.05, 3.63) is 23.8 Å². The minimum atomic E-state index is -3.15. The third kappa shape index (κ3) is 4.01. The molecule has 0 unspecified atom stereocenters. The van der Waals surface area contributed by atoms with Gasteiger partial charge < -0.3 is 15.5 Å². The third-order valence-corrected chi connectivity index (χ3v) is 2.77. The first-order valence-corrected chi connectivity index (χ1v) is 6.15. The molecule has 0 atom stereocenters. The van der Waals surface area contributed by atoms with Crippen LogP contribution in [0.5, 0.6) is 0 Å². The Morgan fingerprint density at radius 2 is 2.23 bits per heavy atom. The van der Waals surface area contributed by atoms with Gasteiger partial charge in [-0.2, -0.15) is 5.10 Å². The molecule has 1 amide bonds. The lowest BCUT2D eigenvalue weighted by atomic mass is 10.3. The highest BCUT2D eigenvalue weighted by molar-refractivity contribution is 5.93. The molecule has 0 aliphatic heterocycles. The van der Waals surface area contributed by atoms with Gasteiger partial charge in [-0.25, -0.2) is 13.8 Å². The number of hydrogen-bond acceptors (Lipinski definition) is 5. The first-order chi connectivity index (χ1) is 9.82. The lowest BCUT2D eigenvalue weighted by Gasteiger charge is -2.13. The highest BCUT2D eigenvalue weighted by Gasteiger charge is 2.28. The Balaban J connectivity index is 0.00000242. The van der Waals surface area contributed by atoms with Crippen LogP contribution in [0.2, 0.25) is 0 Å². The van der Waals surface area contributed by atoms with E-state index in [1.165, 1.54) is 13.1 Å². The minimum Gasteiger partial charge on any atom is -0.440 e. The molecule has 122 valence electrons. The van der Waals surface area contributed by atoms with Crippen LogP contribution in [-0.2, 0) is 7.05 Å². The maximum absolute atomic E-state index is 13.0. The van der Waals surface area contributed by atoms with E-state index < -0.39 is 24.9 Å². The number of alkyl halides is 2. The van der Waals surface area contributed by atoms with Gasteiger partial charge in [0, 0.05) is 13.2 Å². The summed E-state index contributed by atoms with van der Waals surface area (Å²) in [5.41, 5.74) is 5.45. The number of oxazole rings is 1. The zero-order valence-corrected chi connectivity index (χ0v) is 12.8. The maximum Gasteiger partial charge on any atom is 0.277 e. The van der Waals surface area contributed by atoms with Crippen molar-refractivity contribution in [2.45, 2.75) is 12.8 Å². The van der Waals surface area contributed by atoms with Gasteiger partial charge in [0.1, 0.15) is 5.76 Å². The Kier molecular flexibility index (Phi) is 5.61. The van der Waals surface area contributed by atoms with Gasteiger partial charge in [-0.05, 0) is 6.92 Å². The summed E-state index contributed by atoms with van der Waals surface area (Å²) in [6, 6.07) is 0. The molecule has 7 nitrogen and oxygen atoms in total. The number of carbonyl (C=O) groups excluding carboxylic acids is 1. The van der Waals surface area contributed by atoms with Crippen molar-refractivity contribution >= 4 is 18.3 Å². The van der Waals surface area contributed by atoms with Crippen LogP contribution in [0, 0.1) is 6.92 Å². The van der Waals surface area contributed by atoms with Gasteiger partial charge in [0.25, 0.3) is 11.8 Å². The number of aryl methyl sites for hydroxylation is 2. The summed E-state index contributed by atoms with van der Waals surface area (Å²) in [4.78, 5) is 15.9. The van der Waals surface area contributed by atoms with Crippen LogP contribution in [0.25, 0.3) is 11.5 Å². The Morgan fingerprint density at radius 1 is 1.55 bits per heavy atom. The smallest absolute Gasteiger partial charge is 0.277 e. The topological polar surface area (TPSA) is 99.0 Å². The Hall–Kier alpha value is -2.00. The second-order valence-corrected chi connectivity index (χ2v) is 4.57. The fourth-order valence-electron chi connectivity index (χ4n) is 1.63. The molecule has 3 N–H and O–H groups in total. The van der Waals surface area contributed by atoms with Crippen LogP contribution in [0.4, 0.5) is 8.78 Å². The van der Waals surface area contributed by atoms with Crippen LogP contribution in [0.1, 0.15) is 16.2 Å². The Bertz CT molecular complexity index is 656. The zero-order valence-electron chi connectivity index (χ0n) is 12.0. The second-order valence-electron chi connectivity index (χ2n) is 4.57.